The van der Waals surface area contributed by atoms with Gasteiger partial charge >= 0.3 is 0 Å². The molecule has 0 spiro atoms. The number of carbonyl (C=O) groups is 1. The van der Waals surface area contributed by atoms with Gasteiger partial charge in [0.15, 0.2) is 6.10 Å². The zero-order valence-corrected chi connectivity index (χ0v) is 16.8. The maximum atomic E-state index is 12.6. The Morgan fingerprint density at radius 2 is 2.04 bits per heavy atom. The van der Waals surface area contributed by atoms with Gasteiger partial charge in [-0.3, -0.25) is 9.10 Å². The summed E-state index contributed by atoms with van der Waals surface area (Å²) in [5.74, 6) is 0.0675. The minimum absolute atomic E-state index is 0.172. The smallest absolute Gasteiger partial charge is 0.265 e. The number of amides is 1. The van der Waals surface area contributed by atoms with Gasteiger partial charge < -0.3 is 10.1 Å². The number of hydrogen-bond donors (Lipinski definition) is 1. The summed E-state index contributed by atoms with van der Waals surface area (Å²) in [6, 6.07) is 12.5. The number of nitrogens with zero attached hydrogens (tertiary/aromatic N) is 1. The number of fused-ring (bicyclic) bond motifs is 1. The minimum atomic E-state index is -3.48. The topological polar surface area (TPSA) is 75.7 Å². The fraction of sp³-hybridized carbons (Fsp3) is 0.278. The first-order chi connectivity index (χ1) is 12.2. The van der Waals surface area contributed by atoms with Crippen molar-refractivity contribution in [2.45, 2.75) is 19.4 Å². The Morgan fingerprint density at radius 3 is 2.73 bits per heavy atom. The molecule has 6 nitrogen and oxygen atoms in total. The molecule has 1 atom stereocenters. The molecule has 1 amide bonds. The van der Waals surface area contributed by atoms with E-state index in [0.717, 1.165) is 16.3 Å². The first-order valence-corrected chi connectivity index (χ1v) is 10.7. The molecule has 0 radical (unpaired) electrons. The molecular weight excluding hydrogens is 420 g/mol. The van der Waals surface area contributed by atoms with Gasteiger partial charge in [-0.2, -0.15) is 0 Å². The van der Waals surface area contributed by atoms with E-state index >= 15 is 0 Å². The predicted molar refractivity (Wildman–Crippen MR) is 105 cm³/mol. The second kappa shape index (κ2) is 7.28. The summed E-state index contributed by atoms with van der Waals surface area (Å²) in [6.45, 7) is 2.05. The van der Waals surface area contributed by atoms with Crippen LogP contribution in [0, 0.1) is 6.92 Å². The van der Waals surface area contributed by atoms with Crippen LogP contribution in [-0.4, -0.2) is 33.2 Å². The molecule has 138 valence electrons. The highest BCUT2D eigenvalue weighted by Crippen LogP contribution is 2.35. The van der Waals surface area contributed by atoms with Gasteiger partial charge in [0.25, 0.3) is 5.91 Å². The summed E-state index contributed by atoms with van der Waals surface area (Å²) in [5.41, 5.74) is 2.02. The van der Waals surface area contributed by atoms with Crippen LogP contribution in [0.5, 0.6) is 5.75 Å². The molecule has 2 aromatic carbocycles. The third-order valence-corrected chi connectivity index (χ3v) is 5.70. The third-order valence-electron chi connectivity index (χ3n) is 4.03. The van der Waals surface area contributed by atoms with Crippen molar-refractivity contribution in [2.24, 2.45) is 0 Å². The molecule has 0 saturated heterocycles. The van der Waals surface area contributed by atoms with E-state index in [2.05, 4.69) is 21.2 Å². The van der Waals surface area contributed by atoms with Crippen LogP contribution in [0.2, 0.25) is 0 Å². The summed E-state index contributed by atoms with van der Waals surface area (Å²) in [7, 11) is -3.48. The van der Waals surface area contributed by atoms with Gasteiger partial charge in [-0.25, -0.2) is 8.42 Å². The van der Waals surface area contributed by atoms with Gasteiger partial charge in [-0.15, -0.1) is 0 Å². The number of halogens is 1. The average Bonchev–Trinajstić information content (AvgIpc) is 2.73. The number of hydrogen-bond acceptors (Lipinski definition) is 4. The maximum Gasteiger partial charge on any atom is 0.265 e. The highest BCUT2D eigenvalue weighted by Gasteiger charge is 2.31. The van der Waals surface area contributed by atoms with Gasteiger partial charge in [-0.05, 0) is 42.8 Å². The maximum absolute atomic E-state index is 12.6. The van der Waals surface area contributed by atoms with E-state index in [-0.39, 0.29) is 18.9 Å². The molecule has 0 fully saturated rings. The van der Waals surface area contributed by atoms with Gasteiger partial charge in [0, 0.05) is 23.1 Å². The van der Waals surface area contributed by atoms with E-state index in [9.17, 15) is 13.2 Å². The average molecular weight is 439 g/mol. The summed E-state index contributed by atoms with van der Waals surface area (Å²) >= 11 is 3.36. The first-order valence-electron chi connectivity index (χ1n) is 8.05. The van der Waals surface area contributed by atoms with Crippen molar-refractivity contribution in [3.63, 3.8) is 0 Å². The van der Waals surface area contributed by atoms with E-state index in [1.165, 1.54) is 4.31 Å². The van der Waals surface area contributed by atoms with E-state index in [4.69, 9.17) is 4.74 Å². The van der Waals surface area contributed by atoms with Gasteiger partial charge in [0.1, 0.15) is 5.75 Å². The zero-order valence-electron chi connectivity index (χ0n) is 14.4. The van der Waals surface area contributed by atoms with E-state index in [1.807, 2.05) is 25.1 Å². The molecule has 0 aliphatic carbocycles. The van der Waals surface area contributed by atoms with Crippen LogP contribution >= 0.6 is 15.9 Å². The van der Waals surface area contributed by atoms with E-state index in [1.54, 1.807) is 24.3 Å². The number of ether oxygens (including phenoxy) is 1. The number of carbonyl (C=O) groups excluding carboxylic acids is 1. The minimum Gasteiger partial charge on any atom is -0.478 e. The number of anilines is 2. The Bertz CT molecular complexity index is 946. The lowest BCUT2D eigenvalue weighted by Gasteiger charge is -2.21. The molecule has 3 rings (SSSR count). The molecule has 1 aliphatic heterocycles. The van der Waals surface area contributed by atoms with Crippen molar-refractivity contribution >= 4 is 43.2 Å². The molecule has 1 aliphatic rings. The van der Waals surface area contributed by atoms with Crippen molar-refractivity contribution in [2.75, 3.05) is 22.4 Å². The van der Waals surface area contributed by atoms with Crippen molar-refractivity contribution < 1.29 is 17.9 Å². The standard InChI is InChI=1S/C18H19BrN2O4S/c1-12-6-7-16-15(10-12)21(26(2,23)24)9-8-17(25-16)18(22)20-14-5-3-4-13(19)11-14/h3-7,10-11,17H,8-9H2,1-2H3,(H,20,22)/t17-/m1/s1. The third kappa shape index (κ3) is 4.19. The molecular formula is C18H19BrN2O4S. The largest absolute Gasteiger partial charge is 0.478 e. The van der Waals surface area contributed by atoms with Crippen LogP contribution in [0.25, 0.3) is 0 Å². The number of sulfonamides is 1. The van der Waals surface area contributed by atoms with Crippen molar-refractivity contribution in [3.05, 3.63) is 52.5 Å². The monoisotopic (exact) mass is 438 g/mol. The van der Waals surface area contributed by atoms with Crippen LogP contribution in [0.15, 0.2) is 46.9 Å². The molecule has 0 unspecified atom stereocenters. The molecule has 2 aromatic rings. The lowest BCUT2D eigenvalue weighted by atomic mass is 10.2. The van der Waals surface area contributed by atoms with E-state index in [0.29, 0.717) is 17.1 Å². The van der Waals surface area contributed by atoms with Crippen molar-refractivity contribution in [1.29, 1.82) is 0 Å². The lowest BCUT2D eigenvalue weighted by Crippen LogP contribution is -2.35. The first kappa shape index (κ1) is 18.7. The van der Waals surface area contributed by atoms with E-state index < -0.39 is 16.1 Å². The second-order valence-corrected chi connectivity index (χ2v) is 9.02. The molecule has 0 bridgehead atoms. The number of benzene rings is 2. The molecule has 8 heteroatoms. The van der Waals surface area contributed by atoms with Crippen LogP contribution < -0.4 is 14.4 Å². The Hall–Kier alpha value is -2.06. The summed E-state index contributed by atoms with van der Waals surface area (Å²) < 4.78 is 32.4. The van der Waals surface area contributed by atoms with Crippen molar-refractivity contribution in [3.8, 4) is 5.75 Å². The molecule has 26 heavy (non-hydrogen) atoms. The summed E-state index contributed by atoms with van der Waals surface area (Å²) in [5, 5.41) is 2.81. The van der Waals surface area contributed by atoms with Crippen molar-refractivity contribution in [1.82, 2.24) is 0 Å². The van der Waals surface area contributed by atoms with Gasteiger partial charge in [-0.1, -0.05) is 28.1 Å². The SMILES string of the molecule is Cc1ccc2c(c1)N(S(C)(=O)=O)CC[C@H](C(=O)Nc1cccc(Br)c1)O2. The van der Waals surface area contributed by atoms with Gasteiger partial charge in [0.05, 0.1) is 11.9 Å². The molecule has 1 N–H and O–H groups in total. The Balaban J connectivity index is 1.88. The number of nitrogens with one attached hydrogen (secondary N) is 1. The molecule has 0 aromatic heterocycles. The Labute approximate surface area is 161 Å². The highest BCUT2D eigenvalue weighted by atomic mass is 79.9. The van der Waals surface area contributed by atoms with Crippen LogP contribution in [0.3, 0.4) is 0 Å². The normalized spacial score (nSPS) is 17.0. The van der Waals surface area contributed by atoms with Crippen LogP contribution in [0.4, 0.5) is 11.4 Å². The zero-order chi connectivity index (χ0) is 18.9. The Morgan fingerprint density at radius 1 is 1.27 bits per heavy atom. The summed E-state index contributed by atoms with van der Waals surface area (Å²) in [6.07, 6.45) is 0.615. The van der Waals surface area contributed by atoms with Crippen LogP contribution in [-0.2, 0) is 14.8 Å². The van der Waals surface area contributed by atoms with Gasteiger partial charge in [0.2, 0.25) is 10.0 Å². The fourth-order valence-corrected chi connectivity index (χ4v) is 4.14. The second-order valence-electron chi connectivity index (χ2n) is 6.20. The quantitative estimate of drug-likeness (QED) is 0.797. The highest BCUT2D eigenvalue weighted by molar-refractivity contribution is 9.10. The molecule has 1 heterocycles. The van der Waals surface area contributed by atoms with Crippen LogP contribution in [0.1, 0.15) is 12.0 Å². The fourth-order valence-electron chi connectivity index (χ4n) is 2.81. The number of rotatable bonds is 3. The predicted octanol–water partition coefficient (Wildman–Crippen LogP) is 3.31. The summed E-state index contributed by atoms with van der Waals surface area (Å²) in [4.78, 5) is 12.6. The lowest BCUT2D eigenvalue weighted by molar-refractivity contribution is -0.122. The molecule has 0 saturated carbocycles. The number of aryl methyl sites for hydroxylation is 1. The Kier molecular flexibility index (Phi) is 5.24.